The summed E-state index contributed by atoms with van der Waals surface area (Å²) in [7, 11) is 0. The molecule has 0 aliphatic carbocycles. The summed E-state index contributed by atoms with van der Waals surface area (Å²) in [6.07, 6.45) is 0. The van der Waals surface area contributed by atoms with E-state index in [0.29, 0.717) is 0 Å². The van der Waals surface area contributed by atoms with Crippen LogP contribution in [0.5, 0.6) is 0 Å². The molecule has 2 rings (SSSR count). The summed E-state index contributed by atoms with van der Waals surface area (Å²) in [4.78, 5) is 2.36. The van der Waals surface area contributed by atoms with E-state index in [-0.39, 0.29) is 0 Å². The lowest BCUT2D eigenvalue weighted by Crippen LogP contribution is -2.45. The average molecular weight is 176 g/mol. The summed E-state index contributed by atoms with van der Waals surface area (Å²) >= 11 is 0. The van der Waals surface area contributed by atoms with Gasteiger partial charge in [0.15, 0.2) is 0 Å². The summed E-state index contributed by atoms with van der Waals surface area (Å²) in [5.41, 5.74) is 9.17. The van der Waals surface area contributed by atoms with Crippen LogP contribution in [0.1, 0.15) is 12.5 Å². The van der Waals surface area contributed by atoms with E-state index in [9.17, 15) is 0 Å². The molecule has 1 aliphatic heterocycles. The van der Waals surface area contributed by atoms with Gasteiger partial charge in [-0.15, -0.1) is 0 Å². The number of rotatable bonds is 1. The molecule has 0 spiro atoms. The molecule has 2 N–H and O–H groups in total. The molecule has 1 aromatic carbocycles. The number of nitrogens with two attached hydrogens (primary N) is 1. The lowest BCUT2D eigenvalue weighted by Gasteiger charge is -2.39. The van der Waals surface area contributed by atoms with E-state index in [1.807, 2.05) is 6.92 Å². The molecule has 2 heteroatoms. The minimum atomic E-state index is 0.836. The third-order valence-electron chi connectivity index (χ3n) is 2.69. The van der Waals surface area contributed by atoms with Gasteiger partial charge in [0.2, 0.25) is 0 Å². The Labute approximate surface area is 79.4 Å². The second-order valence-corrected chi connectivity index (χ2v) is 4.05. The zero-order valence-electron chi connectivity index (χ0n) is 8.25. The molecule has 1 aromatic rings. The number of nitrogen functional groups attached to an aromatic ring is 1. The Hall–Kier alpha value is -1.18. The van der Waals surface area contributed by atoms with Gasteiger partial charge in [-0.2, -0.15) is 0 Å². The fraction of sp³-hybridized carbons (Fsp3) is 0.455. The third-order valence-corrected chi connectivity index (χ3v) is 2.69. The van der Waals surface area contributed by atoms with Crippen molar-refractivity contribution >= 4 is 11.4 Å². The first-order valence-corrected chi connectivity index (χ1v) is 4.78. The van der Waals surface area contributed by atoms with Crippen LogP contribution in [0.2, 0.25) is 0 Å². The van der Waals surface area contributed by atoms with Gasteiger partial charge in [-0.1, -0.05) is 13.0 Å². The van der Waals surface area contributed by atoms with Crippen molar-refractivity contribution in [3.63, 3.8) is 0 Å². The van der Waals surface area contributed by atoms with Gasteiger partial charge in [-0.05, 0) is 30.5 Å². The monoisotopic (exact) mass is 176 g/mol. The Morgan fingerprint density at radius 1 is 1.38 bits per heavy atom. The molecular formula is C11H16N2. The molecule has 0 bridgehead atoms. The van der Waals surface area contributed by atoms with Crippen LogP contribution in [-0.4, -0.2) is 13.1 Å². The highest BCUT2D eigenvalue weighted by molar-refractivity contribution is 5.60. The van der Waals surface area contributed by atoms with Crippen LogP contribution in [0.4, 0.5) is 11.4 Å². The number of anilines is 2. The summed E-state index contributed by atoms with van der Waals surface area (Å²) in [6, 6.07) is 6.31. The van der Waals surface area contributed by atoms with Gasteiger partial charge in [0.25, 0.3) is 0 Å². The number of nitrogens with zero attached hydrogens (tertiary/aromatic N) is 1. The Balaban J connectivity index is 2.18. The molecule has 1 fully saturated rings. The number of hydrogen-bond donors (Lipinski definition) is 1. The highest BCUT2D eigenvalue weighted by atomic mass is 15.2. The first-order valence-electron chi connectivity index (χ1n) is 4.78. The molecule has 1 heterocycles. The first kappa shape index (κ1) is 8.42. The fourth-order valence-corrected chi connectivity index (χ4v) is 1.73. The summed E-state index contributed by atoms with van der Waals surface area (Å²) in [5.74, 6) is 0.836. The van der Waals surface area contributed by atoms with Crippen LogP contribution in [0, 0.1) is 12.8 Å². The summed E-state index contributed by atoms with van der Waals surface area (Å²) in [5, 5.41) is 0. The van der Waals surface area contributed by atoms with Crippen LogP contribution in [0.15, 0.2) is 18.2 Å². The van der Waals surface area contributed by atoms with E-state index < -0.39 is 0 Å². The van der Waals surface area contributed by atoms with Gasteiger partial charge < -0.3 is 10.6 Å². The van der Waals surface area contributed by atoms with E-state index >= 15 is 0 Å². The second kappa shape index (κ2) is 2.95. The maximum absolute atomic E-state index is 5.85. The van der Waals surface area contributed by atoms with Gasteiger partial charge >= 0.3 is 0 Å². The zero-order valence-corrected chi connectivity index (χ0v) is 8.25. The second-order valence-electron chi connectivity index (χ2n) is 4.05. The minimum absolute atomic E-state index is 0.836. The molecule has 70 valence electrons. The van der Waals surface area contributed by atoms with E-state index in [0.717, 1.165) is 17.2 Å². The normalized spacial score (nSPS) is 17.2. The molecular weight excluding hydrogens is 160 g/mol. The molecule has 1 aliphatic rings. The SMILES string of the molecule is Cc1ccc(N2CC(C)C2)cc1N. The zero-order chi connectivity index (χ0) is 9.42. The Morgan fingerprint density at radius 2 is 2.08 bits per heavy atom. The van der Waals surface area contributed by atoms with Gasteiger partial charge in [-0.25, -0.2) is 0 Å². The van der Waals surface area contributed by atoms with Crippen LogP contribution < -0.4 is 10.6 Å². The van der Waals surface area contributed by atoms with E-state index in [2.05, 4.69) is 30.0 Å². The van der Waals surface area contributed by atoms with Crippen LogP contribution in [-0.2, 0) is 0 Å². The van der Waals surface area contributed by atoms with E-state index in [1.165, 1.54) is 18.8 Å². The highest BCUT2D eigenvalue weighted by Gasteiger charge is 2.22. The van der Waals surface area contributed by atoms with Crippen molar-refractivity contribution in [2.24, 2.45) is 5.92 Å². The Bertz CT molecular complexity index is 314. The number of benzene rings is 1. The maximum Gasteiger partial charge on any atom is 0.0387 e. The van der Waals surface area contributed by atoms with Crippen molar-refractivity contribution in [1.29, 1.82) is 0 Å². The van der Waals surface area contributed by atoms with Gasteiger partial charge in [0, 0.05) is 24.5 Å². The van der Waals surface area contributed by atoms with Crippen LogP contribution in [0.25, 0.3) is 0 Å². The van der Waals surface area contributed by atoms with Crippen LogP contribution >= 0.6 is 0 Å². The molecule has 0 amide bonds. The van der Waals surface area contributed by atoms with Crippen molar-refractivity contribution in [1.82, 2.24) is 0 Å². The van der Waals surface area contributed by atoms with Gasteiger partial charge in [0.05, 0.1) is 0 Å². The van der Waals surface area contributed by atoms with Crippen LogP contribution in [0.3, 0.4) is 0 Å². The first-order chi connectivity index (χ1) is 6.16. The van der Waals surface area contributed by atoms with Crippen molar-refractivity contribution in [2.75, 3.05) is 23.7 Å². The quantitative estimate of drug-likeness (QED) is 0.663. The predicted molar refractivity (Wildman–Crippen MR) is 57.0 cm³/mol. The Morgan fingerprint density at radius 3 is 2.62 bits per heavy atom. The summed E-state index contributed by atoms with van der Waals surface area (Å²) in [6.45, 7) is 6.65. The number of hydrogen-bond acceptors (Lipinski definition) is 2. The van der Waals surface area contributed by atoms with E-state index in [4.69, 9.17) is 5.73 Å². The van der Waals surface area contributed by atoms with Crippen molar-refractivity contribution in [3.8, 4) is 0 Å². The molecule has 0 unspecified atom stereocenters. The molecule has 2 nitrogen and oxygen atoms in total. The molecule has 0 aromatic heterocycles. The predicted octanol–water partition coefficient (Wildman–Crippen LogP) is 2.03. The summed E-state index contributed by atoms with van der Waals surface area (Å²) < 4.78 is 0. The molecule has 0 radical (unpaired) electrons. The van der Waals surface area contributed by atoms with E-state index in [1.54, 1.807) is 0 Å². The third kappa shape index (κ3) is 1.48. The number of aryl methyl sites for hydroxylation is 1. The topological polar surface area (TPSA) is 29.3 Å². The maximum atomic E-state index is 5.85. The molecule has 0 saturated carbocycles. The molecule has 13 heavy (non-hydrogen) atoms. The standard InChI is InChI=1S/C11H16N2/c1-8-6-13(7-8)10-4-3-9(2)11(12)5-10/h3-5,8H,6-7,12H2,1-2H3. The largest absolute Gasteiger partial charge is 0.398 e. The smallest absolute Gasteiger partial charge is 0.0387 e. The van der Waals surface area contributed by atoms with Gasteiger partial charge in [0.1, 0.15) is 0 Å². The van der Waals surface area contributed by atoms with Gasteiger partial charge in [-0.3, -0.25) is 0 Å². The molecule has 1 saturated heterocycles. The lowest BCUT2D eigenvalue weighted by atomic mass is 10.0. The highest BCUT2D eigenvalue weighted by Crippen LogP contribution is 2.26. The lowest BCUT2D eigenvalue weighted by molar-refractivity contribution is 0.447. The molecule has 0 atom stereocenters. The van der Waals surface area contributed by atoms with Crippen molar-refractivity contribution < 1.29 is 0 Å². The minimum Gasteiger partial charge on any atom is -0.398 e. The average Bonchev–Trinajstić information content (AvgIpc) is 2.05. The fourth-order valence-electron chi connectivity index (χ4n) is 1.73. The van der Waals surface area contributed by atoms with Crippen molar-refractivity contribution in [2.45, 2.75) is 13.8 Å². The Kier molecular flexibility index (Phi) is 1.91. The van der Waals surface area contributed by atoms with Crippen molar-refractivity contribution in [3.05, 3.63) is 23.8 Å².